The van der Waals surface area contributed by atoms with E-state index < -0.39 is 15.3 Å². The summed E-state index contributed by atoms with van der Waals surface area (Å²) in [6.45, 7) is 3.96. The Bertz CT molecular complexity index is 423. The number of sulfonamides is 1. The van der Waals surface area contributed by atoms with Crippen molar-refractivity contribution in [2.75, 3.05) is 7.05 Å². The van der Waals surface area contributed by atoms with Crippen molar-refractivity contribution in [3.8, 4) is 0 Å². The Morgan fingerprint density at radius 1 is 1.19 bits per heavy atom. The summed E-state index contributed by atoms with van der Waals surface area (Å²) in [7, 11) is -1.78. The second-order valence-corrected chi connectivity index (χ2v) is 5.81. The van der Waals surface area contributed by atoms with Gasteiger partial charge in [0.1, 0.15) is 5.25 Å². The minimum Gasteiger partial charge on any atom is -0.218 e. The highest BCUT2D eigenvalue weighted by Crippen LogP contribution is 2.25. The van der Waals surface area contributed by atoms with Crippen LogP contribution in [0.2, 0.25) is 0 Å². The molecule has 0 heterocycles. The molecular weight excluding hydrogens is 222 g/mol. The molecule has 0 fully saturated rings. The minimum absolute atomic E-state index is 0.455. The SMILES string of the molecule is CCc1ccc(C(CC)S(=O)(=O)NC)cc1. The third kappa shape index (κ3) is 2.83. The largest absolute Gasteiger partial charge is 0.218 e. The van der Waals surface area contributed by atoms with E-state index in [9.17, 15) is 8.42 Å². The fourth-order valence-electron chi connectivity index (χ4n) is 1.74. The molecule has 3 nitrogen and oxygen atoms in total. The van der Waals surface area contributed by atoms with Gasteiger partial charge in [-0.05, 0) is 31.0 Å². The van der Waals surface area contributed by atoms with Gasteiger partial charge in [0, 0.05) is 0 Å². The molecule has 0 spiro atoms. The molecule has 1 rings (SSSR count). The fourth-order valence-corrected chi connectivity index (χ4v) is 2.98. The topological polar surface area (TPSA) is 46.2 Å². The van der Waals surface area contributed by atoms with Gasteiger partial charge in [-0.2, -0.15) is 0 Å². The molecule has 90 valence electrons. The minimum atomic E-state index is -3.23. The Labute approximate surface area is 97.9 Å². The van der Waals surface area contributed by atoms with Gasteiger partial charge in [-0.3, -0.25) is 0 Å². The molecule has 0 radical (unpaired) electrons. The monoisotopic (exact) mass is 241 g/mol. The average molecular weight is 241 g/mol. The van der Waals surface area contributed by atoms with E-state index in [-0.39, 0.29) is 0 Å². The zero-order chi connectivity index (χ0) is 12.2. The maximum absolute atomic E-state index is 11.8. The molecule has 4 heteroatoms. The van der Waals surface area contributed by atoms with Crippen LogP contribution in [-0.4, -0.2) is 15.5 Å². The Morgan fingerprint density at radius 2 is 1.75 bits per heavy atom. The normalized spacial score (nSPS) is 13.7. The van der Waals surface area contributed by atoms with E-state index in [1.807, 2.05) is 31.2 Å². The van der Waals surface area contributed by atoms with Gasteiger partial charge < -0.3 is 0 Å². The molecule has 0 aliphatic carbocycles. The lowest BCUT2D eigenvalue weighted by Gasteiger charge is -2.15. The van der Waals surface area contributed by atoms with E-state index in [2.05, 4.69) is 11.6 Å². The van der Waals surface area contributed by atoms with Crippen molar-refractivity contribution in [1.29, 1.82) is 0 Å². The predicted octanol–water partition coefficient (Wildman–Crippen LogP) is 2.25. The summed E-state index contributed by atoms with van der Waals surface area (Å²) >= 11 is 0. The Kier molecular flexibility index (Phi) is 4.50. The van der Waals surface area contributed by atoms with E-state index >= 15 is 0 Å². The van der Waals surface area contributed by atoms with Crippen LogP contribution in [0.1, 0.15) is 36.6 Å². The first-order valence-electron chi connectivity index (χ1n) is 5.56. The standard InChI is InChI=1S/C12H19NO2S/c1-4-10-6-8-11(9-7-10)12(5-2)16(14,15)13-3/h6-9,12-13H,4-5H2,1-3H3. The Morgan fingerprint density at radius 3 is 2.12 bits per heavy atom. The van der Waals surface area contributed by atoms with Crippen LogP contribution in [0.3, 0.4) is 0 Å². The molecule has 1 unspecified atom stereocenters. The molecule has 0 bridgehead atoms. The first-order chi connectivity index (χ1) is 7.55. The lowest BCUT2D eigenvalue weighted by atomic mass is 10.1. The van der Waals surface area contributed by atoms with E-state index in [0.29, 0.717) is 6.42 Å². The summed E-state index contributed by atoms with van der Waals surface area (Å²) in [5.74, 6) is 0. The number of hydrogen-bond donors (Lipinski definition) is 1. The molecule has 1 aromatic carbocycles. The number of hydrogen-bond acceptors (Lipinski definition) is 2. The lowest BCUT2D eigenvalue weighted by Crippen LogP contribution is -2.25. The smallest absolute Gasteiger partial charge is 0.218 e. The van der Waals surface area contributed by atoms with Crippen LogP contribution in [0.25, 0.3) is 0 Å². The summed E-state index contributed by atoms with van der Waals surface area (Å²) in [6.07, 6.45) is 1.55. The third-order valence-corrected chi connectivity index (χ3v) is 4.71. The summed E-state index contributed by atoms with van der Waals surface area (Å²) in [4.78, 5) is 0. The molecule has 0 aromatic heterocycles. The molecule has 1 N–H and O–H groups in total. The van der Waals surface area contributed by atoms with Gasteiger partial charge in [0.05, 0.1) is 0 Å². The van der Waals surface area contributed by atoms with Crippen LogP contribution >= 0.6 is 0 Å². The second kappa shape index (κ2) is 5.46. The summed E-state index contributed by atoms with van der Waals surface area (Å²) in [5.41, 5.74) is 2.08. The highest BCUT2D eigenvalue weighted by molar-refractivity contribution is 7.89. The molecule has 1 aromatic rings. The molecular formula is C12H19NO2S. The van der Waals surface area contributed by atoms with Crippen LogP contribution in [0, 0.1) is 0 Å². The molecule has 0 saturated heterocycles. The molecule has 0 aliphatic heterocycles. The van der Waals surface area contributed by atoms with Gasteiger partial charge in [0.2, 0.25) is 10.0 Å². The maximum atomic E-state index is 11.8. The van der Waals surface area contributed by atoms with Crippen molar-refractivity contribution in [2.45, 2.75) is 31.9 Å². The Balaban J connectivity index is 3.05. The van der Waals surface area contributed by atoms with Gasteiger partial charge in [-0.25, -0.2) is 13.1 Å². The predicted molar refractivity (Wildman–Crippen MR) is 66.8 cm³/mol. The van der Waals surface area contributed by atoms with Gasteiger partial charge in [-0.1, -0.05) is 38.1 Å². The van der Waals surface area contributed by atoms with Crippen LogP contribution in [0.5, 0.6) is 0 Å². The van der Waals surface area contributed by atoms with Crippen LogP contribution in [-0.2, 0) is 16.4 Å². The molecule has 0 aliphatic rings. The summed E-state index contributed by atoms with van der Waals surface area (Å²) < 4.78 is 25.9. The number of benzene rings is 1. The highest BCUT2D eigenvalue weighted by atomic mass is 32.2. The van der Waals surface area contributed by atoms with Gasteiger partial charge in [0.25, 0.3) is 0 Å². The van der Waals surface area contributed by atoms with Crippen molar-refractivity contribution in [1.82, 2.24) is 4.72 Å². The number of rotatable bonds is 5. The van der Waals surface area contributed by atoms with Crippen molar-refractivity contribution in [3.05, 3.63) is 35.4 Å². The summed E-state index contributed by atoms with van der Waals surface area (Å²) in [5, 5.41) is -0.455. The Hall–Kier alpha value is -0.870. The van der Waals surface area contributed by atoms with E-state index in [0.717, 1.165) is 12.0 Å². The average Bonchev–Trinajstić information content (AvgIpc) is 2.30. The summed E-state index contributed by atoms with van der Waals surface area (Å²) in [6, 6.07) is 7.79. The van der Waals surface area contributed by atoms with Gasteiger partial charge in [0.15, 0.2) is 0 Å². The van der Waals surface area contributed by atoms with Crippen LogP contribution in [0.15, 0.2) is 24.3 Å². The highest BCUT2D eigenvalue weighted by Gasteiger charge is 2.23. The van der Waals surface area contributed by atoms with E-state index in [1.165, 1.54) is 12.6 Å². The van der Waals surface area contributed by atoms with E-state index in [4.69, 9.17) is 0 Å². The second-order valence-electron chi connectivity index (χ2n) is 3.74. The van der Waals surface area contributed by atoms with Crippen molar-refractivity contribution >= 4 is 10.0 Å². The van der Waals surface area contributed by atoms with Crippen LogP contribution in [0.4, 0.5) is 0 Å². The van der Waals surface area contributed by atoms with Gasteiger partial charge >= 0.3 is 0 Å². The van der Waals surface area contributed by atoms with Crippen molar-refractivity contribution < 1.29 is 8.42 Å². The lowest BCUT2D eigenvalue weighted by molar-refractivity contribution is 0.571. The molecule has 1 atom stereocenters. The van der Waals surface area contributed by atoms with E-state index in [1.54, 1.807) is 0 Å². The molecule has 0 amide bonds. The molecule has 16 heavy (non-hydrogen) atoms. The van der Waals surface area contributed by atoms with Crippen molar-refractivity contribution in [2.24, 2.45) is 0 Å². The van der Waals surface area contributed by atoms with Crippen LogP contribution < -0.4 is 4.72 Å². The van der Waals surface area contributed by atoms with Crippen molar-refractivity contribution in [3.63, 3.8) is 0 Å². The fraction of sp³-hybridized carbons (Fsp3) is 0.500. The zero-order valence-corrected chi connectivity index (χ0v) is 10.8. The first kappa shape index (κ1) is 13.2. The third-order valence-electron chi connectivity index (χ3n) is 2.79. The molecule has 0 saturated carbocycles. The first-order valence-corrected chi connectivity index (χ1v) is 7.11. The van der Waals surface area contributed by atoms with Gasteiger partial charge in [-0.15, -0.1) is 0 Å². The zero-order valence-electron chi connectivity index (χ0n) is 10.0. The maximum Gasteiger partial charge on any atom is 0.218 e. The number of aryl methyl sites for hydroxylation is 1. The quantitative estimate of drug-likeness (QED) is 0.859. The number of nitrogens with one attached hydrogen (secondary N) is 1.